The van der Waals surface area contributed by atoms with Gasteiger partial charge in [-0.3, -0.25) is 14.5 Å². The van der Waals surface area contributed by atoms with E-state index in [0.717, 1.165) is 51.4 Å². The molecule has 3 rings (SSSR count). The van der Waals surface area contributed by atoms with E-state index in [1.165, 1.54) is 4.90 Å². The van der Waals surface area contributed by atoms with Crippen molar-refractivity contribution in [3.05, 3.63) is 0 Å². The highest BCUT2D eigenvalue weighted by Crippen LogP contribution is 2.47. The Kier molecular flexibility index (Phi) is 3.80. The number of amides is 2. The molecule has 2 amide bonds. The molecule has 2 atom stereocenters. The van der Waals surface area contributed by atoms with Gasteiger partial charge in [-0.25, -0.2) is 0 Å². The molecule has 0 aromatic heterocycles. The molecule has 4 nitrogen and oxygen atoms in total. The fourth-order valence-corrected chi connectivity index (χ4v) is 4.89. The summed E-state index contributed by atoms with van der Waals surface area (Å²) in [5, 5.41) is 0. The van der Waals surface area contributed by atoms with Gasteiger partial charge in [0, 0.05) is 0 Å². The summed E-state index contributed by atoms with van der Waals surface area (Å²) in [7, 11) is 0. The zero-order valence-corrected chi connectivity index (χ0v) is 13.5. The molecule has 1 heterocycles. The van der Waals surface area contributed by atoms with Crippen LogP contribution in [-0.2, 0) is 9.59 Å². The van der Waals surface area contributed by atoms with Crippen LogP contribution in [-0.4, -0.2) is 27.2 Å². The van der Waals surface area contributed by atoms with Crippen LogP contribution in [0.4, 0.5) is 0 Å². The maximum absolute atomic E-state index is 12.9. The Bertz CT molecular complexity index is 459. The van der Waals surface area contributed by atoms with Crippen LogP contribution in [0.1, 0.15) is 58.3 Å². The van der Waals surface area contributed by atoms with Crippen molar-refractivity contribution in [1.82, 2.24) is 4.90 Å². The molecule has 0 aromatic carbocycles. The lowest BCUT2D eigenvalue weighted by Crippen LogP contribution is -2.59. The average Bonchev–Trinajstić information content (AvgIpc) is 2.79. The molecular weight excluding hydrogens is 284 g/mol. The maximum atomic E-state index is 12.9. The molecule has 21 heavy (non-hydrogen) atoms. The average molecular weight is 308 g/mol. The van der Waals surface area contributed by atoms with Crippen molar-refractivity contribution < 1.29 is 9.59 Å². The fraction of sp³-hybridized carbons (Fsp3) is 0.812. The van der Waals surface area contributed by atoms with E-state index in [9.17, 15) is 9.59 Å². The normalized spacial score (nSPS) is 35.7. The number of hydrogen-bond donors (Lipinski definition) is 1. The molecule has 0 spiro atoms. The highest BCUT2D eigenvalue weighted by molar-refractivity contribution is 7.80. The fourth-order valence-electron chi connectivity index (χ4n) is 4.59. The second kappa shape index (κ2) is 5.34. The molecule has 3 aliphatic rings. The van der Waals surface area contributed by atoms with E-state index in [4.69, 9.17) is 18.0 Å². The topological polar surface area (TPSA) is 63.4 Å². The molecule has 0 radical (unpaired) electrons. The Morgan fingerprint density at radius 3 is 2.00 bits per heavy atom. The number of likely N-dealkylation sites (tertiary alicyclic amines) is 1. The summed E-state index contributed by atoms with van der Waals surface area (Å²) in [5.74, 6) is 0.196. The number of carbonyl (C=O) groups is 2. The second-order valence-corrected chi connectivity index (χ2v) is 7.55. The van der Waals surface area contributed by atoms with Gasteiger partial charge in [0.15, 0.2) is 0 Å². The van der Waals surface area contributed by atoms with Crippen LogP contribution in [0.2, 0.25) is 0 Å². The summed E-state index contributed by atoms with van der Waals surface area (Å²) in [5.41, 5.74) is 5.35. The molecule has 2 aliphatic carbocycles. The number of nitrogens with two attached hydrogens (primary N) is 1. The van der Waals surface area contributed by atoms with Crippen LogP contribution >= 0.6 is 12.2 Å². The van der Waals surface area contributed by atoms with Crippen molar-refractivity contribution >= 4 is 29.0 Å². The number of thiocarbonyl (C=S) groups is 1. The minimum atomic E-state index is -0.687. The molecule has 2 saturated carbocycles. The van der Waals surface area contributed by atoms with Crippen LogP contribution in [0.3, 0.4) is 0 Å². The van der Waals surface area contributed by atoms with Gasteiger partial charge in [-0.05, 0) is 31.6 Å². The third-order valence-electron chi connectivity index (χ3n) is 5.69. The molecular formula is C16H24N2O2S. The molecule has 2 unspecified atom stereocenters. The van der Waals surface area contributed by atoms with E-state index in [1.54, 1.807) is 0 Å². The number of hydrogen-bond acceptors (Lipinski definition) is 3. The zero-order chi connectivity index (χ0) is 15.2. The summed E-state index contributed by atoms with van der Waals surface area (Å²) < 4.78 is 0. The molecule has 1 saturated heterocycles. The monoisotopic (exact) mass is 308 g/mol. The lowest BCUT2D eigenvalue weighted by molar-refractivity contribution is -0.145. The van der Waals surface area contributed by atoms with Crippen molar-refractivity contribution in [3.63, 3.8) is 0 Å². The highest BCUT2D eigenvalue weighted by atomic mass is 32.1. The van der Waals surface area contributed by atoms with E-state index in [0.29, 0.717) is 10.9 Å². The Hall–Kier alpha value is -0.970. The molecule has 0 bridgehead atoms. The molecule has 0 aromatic rings. The van der Waals surface area contributed by atoms with Crippen molar-refractivity contribution in [2.45, 2.75) is 63.8 Å². The van der Waals surface area contributed by atoms with E-state index in [2.05, 4.69) is 6.92 Å². The first-order valence-corrected chi connectivity index (χ1v) is 8.56. The molecule has 1 aliphatic heterocycles. The Balaban J connectivity index is 1.95. The summed E-state index contributed by atoms with van der Waals surface area (Å²) in [6.45, 7) is 2.12. The maximum Gasteiger partial charge on any atom is 0.233 e. The Morgan fingerprint density at radius 1 is 1.10 bits per heavy atom. The number of imide groups is 1. The van der Waals surface area contributed by atoms with Gasteiger partial charge < -0.3 is 5.73 Å². The first kappa shape index (κ1) is 14.9. The number of nitrogens with zero attached hydrogens (tertiary/aromatic N) is 1. The van der Waals surface area contributed by atoms with Crippen molar-refractivity contribution in [1.29, 1.82) is 0 Å². The zero-order valence-electron chi connectivity index (χ0n) is 12.6. The van der Waals surface area contributed by atoms with Gasteiger partial charge in [0.25, 0.3) is 0 Å². The van der Waals surface area contributed by atoms with Crippen LogP contribution in [0, 0.1) is 17.8 Å². The minimum absolute atomic E-state index is 0.0101. The predicted molar refractivity (Wildman–Crippen MR) is 84.4 cm³/mol. The lowest BCUT2D eigenvalue weighted by Gasteiger charge is -2.40. The number of fused-ring (bicyclic) bond motifs is 1. The SMILES string of the molecule is CC1CC2C(=O)N(C3(C(N)=S)CCCCCC3)C(=O)C2C1. The van der Waals surface area contributed by atoms with Crippen LogP contribution in [0.25, 0.3) is 0 Å². The molecule has 3 fully saturated rings. The predicted octanol–water partition coefficient (Wildman–Crippen LogP) is 2.40. The first-order chi connectivity index (χ1) is 9.97. The van der Waals surface area contributed by atoms with Crippen molar-refractivity contribution in [2.75, 3.05) is 0 Å². The first-order valence-electron chi connectivity index (χ1n) is 8.15. The highest BCUT2D eigenvalue weighted by Gasteiger charge is 2.58. The van der Waals surface area contributed by atoms with Crippen LogP contribution in [0.15, 0.2) is 0 Å². The third-order valence-corrected chi connectivity index (χ3v) is 6.07. The number of carbonyl (C=O) groups excluding carboxylic acids is 2. The van der Waals surface area contributed by atoms with E-state index >= 15 is 0 Å². The molecule has 2 N–H and O–H groups in total. The van der Waals surface area contributed by atoms with Crippen LogP contribution < -0.4 is 5.73 Å². The second-order valence-electron chi connectivity index (χ2n) is 7.11. The van der Waals surface area contributed by atoms with E-state index in [-0.39, 0.29) is 23.7 Å². The van der Waals surface area contributed by atoms with Gasteiger partial charge in [-0.2, -0.15) is 0 Å². The van der Waals surface area contributed by atoms with Gasteiger partial charge in [0.2, 0.25) is 11.8 Å². The van der Waals surface area contributed by atoms with Gasteiger partial charge in [0.1, 0.15) is 5.54 Å². The summed E-state index contributed by atoms with van der Waals surface area (Å²) in [4.78, 5) is 27.5. The summed E-state index contributed by atoms with van der Waals surface area (Å²) in [6.07, 6.45) is 7.39. The summed E-state index contributed by atoms with van der Waals surface area (Å²) in [6, 6.07) is 0. The minimum Gasteiger partial charge on any atom is -0.391 e. The number of rotatable bonds is 2. The largest absolute Gasteiger partial charge is 0.391 e. The smallest absolute Gasteiger partial charge is 0.233 e. The van der Waals surface area contributed by atoms with Crippen molar-refractivity contribution in [2.24, 2.45) is 23.5 Å². The Morgan fingerprint density at radius 2 is 1.57 bits per heavy atom. The summed E-state index contributed by atoms with van der Waals surface area (Å²) >= 11 is 5.32. The molecule has 116 valence electrons. The standard InChI is InChI=1S/C16H24N2O2S/c1-10-8-11-12(9-10)14(20)18(13(11)19)16(15(17)21)6-4-2-3-5-7-16/h10-12H,2-9H2,1H3,(H2,17,21). The molecule has 5 heteroatoms. The Labute approximate surface area is 131 Å². The third kappa shape index (κ3) is 2.20. The van der Waals surface area contributed by atoms with Crippen LogP contribution in [0.5, 0.6) is 0 Å². The quantitative estimate of drug-likeness (QED) is 0.483. The van der Waals surface area contributed by atoms with Gasteiger partial charge in [0.05, 0.1) is 16.8 Å². The van der Waals surface area contributed by atoms with Gasteiger partial charge in [-0.15, -0.1) is 0 Å². The van der Waals surface area contributed by atoms with E-state index in [1.807, 2.05) is 0 Å². The van der Waals surface area contributed by atoms with Gasteiger partial charge >= 0.3 is 0 Å². The van der Waals surface area contributed by atoms with Crippen molar-refractivity contribution in [3.8, 4) is 0 Å². The lowest BCUT2D eigenvalue weighted by atomic mass is 9.87. The van der Waals surface area contributed by atoms with Gasteiger partial charge in [-0.1, -0.05) is 44.8 Å². The van der Waals surface area contributed by atoms with E-state index < -0.39 is 5.54 Å².